The maximum Gasteiger partial charge on any atom is 0.120 e. The van der Waals surface area contributed by atoms with Gasteiger partial charge in [0.05, 0.1) is 5.58 Å². The molecule has 3 aromatic heterocycles. The van der Waals surface area contributed by atoms with E-state index in [1.54, 1.807) is 60.7 Å². The Bertz CT molecular complexity index is 3270. The van der Waals surface area contributed by atoms with Crippen molar-refractivity contribution in [1.29, 1.82) is 0 Å². The number of hydrogen-bond acceptors (Lipinski definition) is 3. The van der Waals surface area contributed by atoms with Crippen LogP contribution in [0.2, 0.25) is 0 Å². The van der Waals surface area contributed by atoms with Gasteiger partial charge in [0.25, 0.3) is 0 Å². The first-order valence-electron chi connectivity index (χ1n) is 26.6. The van der Waals surface area contributed by atoms with Crippen molar-refractivity contribution in [3.8, 4) is 44.8 Å². The van der Waals surface area contributed by atoms with Crippen molar-refractivity contribution < 1.29 is 46.5 Å². The summed E-state index contributed by atoms with van der Waals surface area (Å²) < 4.78 is 134. The van der Waals surface area contributed by atoms with Crippen LogP contribution < -0.4 is 0 Å². The fourth-order valence-electron chi connectivity index (χ4n) is 7.31. The minimum Gasteiger partial charge on any atom is -0.501 e. The quantitative estimate of drug-likeness (QED) is 0.161. The van der Waals surface area contributed by atoms with Crippen molar-refractivity contribution in [1.82, 2.24) is 9.97 Å². The number of aromatic nitrogens is 2. The molecule has 0 spiro atoms. The fourth-order valence-corrected chi connectivity index (χ4v) is 7.31. The van der Waals surface area contributed by atoms with E-state index in [0.29, 0.717) is 68.4 Å². The second kappa shape index (κ2) is 16.8. The molecule has 0 amide bonds. The van der Waals surface area contributed by atoms with Crippen molar-refractivity contribution in [3.05, 3.63) is 167 Å². The molecule has 1 saturated carbocycles. The van der Waals surface area contributed by atoms with Gasteiger partial charge in [0.1, 0.15) is 5.58 Å². The van der Waals surface area contributed by atoms with E-state index in [2.05, 4.69) is 35.9 Å². The van der Waals surface area contributed by atoms with Gasteiger partial charge in [0, 0.05) is 59.8 Å². The number of aryl methyl sites for hydroxylation is 5. The van der Waals surface area contributed by atoms with Crippen LogP contribution >= 0.6 is 0 Å². The van der Waals surface area contributed by atoms with E-state index in [4.69, 9.17) is 25.0 Å². The molecule has 9 rings (SSSR count). The van der Waals surface area contributed by atoms with Gasteiger partial charge in [0.2, 0.25) is 0 Å². The number of hydrogen-bond donors (Lipinski definition) is 0. The van der Waals surface area contributed by atoms with E-state index in [9.17, 15) is 1.37 Å². The second-order valence-electron chi connectivity index (χ2n) is 15.0. The van der Waals surface area contributed by atoms with Gasteiger partial charge in [-0.15, -0.1) is 47.5 Å². The van der Waals surface area contributed by atoms with Crippen LogP contribution in [0.15, 0.2) is 126 Å². The summed E-state index contributed by atoms with van der Waals surface area (Å²) >= 11 is 0. The van der Waals surface area contributed by atoms with Crippen LogP contribution in [0, 0.1) is 51.8 Å². The molecule has 3 heterocycles. The summed E-state index contributed by atoms with van der Waals surface area (Å²) in [6.45, 7) is -7.60. The Morgan fingerprint density at radius 3 is 2.23 bits per heavy atom. The fraction of sp³-hybridized carbons (Fsp3) is 0.245. The minimum atomic E-state index is -2.60. The Hall–Kier alpha value is -5.15. The molecular formula is C53H50IrN2O-2. The summed E-state index contributed by atoms with van der Waals surface area (Å²) in [7, 11) is 0. The van der Waals surface area contributed by atoms with Crippen LogP contribution in [0.5, 0.6) is 0 Å². The van der Waals surface area contributed by atoms with Crippen molar-refractivity contribution in [2.75, 3.05) is 0 Å². The van der Waals surface area contributed by atoms with Gasteiger partial charge in [-0.2, -0.15) is 0 Å². The summed E-state index contributed by atoms with van der Waals surface area (Å²) in [5.74, 6) is -0.935. The zero-order valence-electron chi connectivity index (χ0n) is 47.5. The molecule has 0 aliphatic heterocycles. The molecule has 1 radical (unpaired) electrons. The number of rotatable bonds is 5. The van der Waals surface area contributed by atoms with Gasteiger partial charge >= 0.3 is 0 Å². The average molecular weight is 939 g/mol. The molecule has 1 fully saturated rings. The smallest absolute Gasteiger partial charge is 0.120 e. The van der Waals surface area contributed by atoms with Gasteiger partial charge in [-0.1, -0.05) is 116 Å². The van der Waals surface area contributed by atoms with Crippen molar-refractivity contribution in [3.63, 3.8) is 0 Å². The number of furan rings is 1. The van der Waals surface area contributed by atoms with E-state index in [-0.39, 0.29) is 64.5 Å². The van der Waals surface area contributed by atoms with Crippen LogP contribution in [0.4, 0.5) is 0 Å². The largest absolute Gasteiger partial charge is 0.501 e. The molecule has 3 nitrogen and oxygen atoms in total. The summed E-state index contributed by atoms with van der Waals surface area (Å²) in [5, 5.41) is 1.25. The molecule has 1 aliphatic carbocycles. The summed E-state index contributed by atoms with van der Waals surface area (Å²) in [6.07, 6.45) is 5.46. The van der Waals surface area contributed by atoms with Crippen molar-refractivity contribution in [2.24, 2.45) is 5.41 Å². The maximum absolute atomic E-state index is 9.24. The van der Waals surface area contributed by atoms with Gasteiger partial charge in [0.15, 0.2) is 0 Å². The Kier molecular flexibility index (Phi) is 7.22. The molecule has 0 bridgehead atoms. The van der Waals surface area contributed by atoms with E-state index in [1.807, 2.05) is 30.3 Å². The summed E-state index contributed by atoms with van der Waals surface area (Å²) in [5.41, 5.74) is 5.69. The third-order valence-corrected chi connectivity index (χ3v) is 10.6. The Balaban J connectivity index is 0.000000245. The van der Waals surface area contributed by atoms with Crippen molar-refractivity contribution in [2.45, 2.75) is 79.7 Å². The third kappa shape index (κ3) is 8.59. The van der Waals surface area contributed by atoms with Crippen molar-refractivity contribution >= 4 is 21.9 Å². The van der Waals surface area contributed by atoms with E-state index in [0.717, 1.165) is 18.4 Å². The van der Waals surface area contributed by atoms with Gasteiger partial charge in [-0.25, -0.2) is 0 Å². The zero-order chi connectivity index (χ0) is 52.4. The van der Waals surface area contributed by atoms with E-state index in [1.165, 1.54) is 30.6 Å². The molecule has 4 heteroatoms. The second-order valence-corrected chi connectivity index (χ2v) is 15.0. The molecule has 0 unspecified atom stereocenters. The van der Waals surface area contributed by atoms with Crippen LogP contribution in [0.25, 0.3) is 66.7 Å². The Morgan fingerprint density at radius 1 is 0.684 bits per heavy atom. The maximum atomic E-state index is 9.24. The molecule has 0 saturated heterocycles. The molecule has 5 aromatic carbocycles. The average Bonchev–Trinajstić information content (AvgIpc) is 3.70. The van der Waals surface area contributed by atoms with Crippen LogP contribution in [0.1, 0.15) is 101 Å². The SMILES string of the molecule is [2H]C([2H])([2H])c1ccc(-c2[c-]cc(C([2H])([2H])[2H])c(-c3ccccc3)c2)nc1.[2H]C([2H])([2H])c1ccc2oc3c(-c4cc(-c5ccc(C6([2H])CCC(C)(C)CC6)cc5C([2H])([2H])[2H])c(C([2H])([2H])[2H])cn4)[c-]ccc3c2c1.[Ir]. The predicted octanol–water partition coefficient (Wildman–Crippen LogP) is 14.6. The van der Waals surface area contributed by atoms with Crippen LogP contribution in [-0.4, -0.2) is 9.97 Å². The predicted molar refractivity (Wildman–Crippen MR) is 234 cm³/mol. The Labute approximate surface area is 374 Å². The standard InChI is InChI=1S/C34H34NO.C19H16N.Ir/c1-21-9-12-32-30(17-21)27-7-6-8-28(33(27)36-32)31-19-29(23(3)20-35-31)26-11-10-25(18-22(26)2)24-13-15-34(4,5)16-14-24;1-14-8-11-19(20-13-14)17-10-9-15(2)18(12-17)16-6-4-3-5-7-16;/h6-7,9-12,17-20,24H,13-16H2,1-5H3;3-9,11-13H,1-2H3;/q2*-1;/i1D3,2D3,3D3,24D;1D3,2D3;. The molecule has 1 aliphatic rings. The normalized spacial score (nSPS) is 19.7. The molecule has 0 N–H and O–H groups in total. The number of fused-ring (bicyclic) bond motifs is 3. The summed E-state index contributed by atoms with van der Waals surface area (Å²) in [4.78, 5) is 8.68. The van der Waals surface area contributed by atoms with Crippen LogP contribution in [0.3, 0.4) is 0 Å². The van der Waals surface area contributed by atoms with Gasteiger partial charge < -0.3 is 14.4 Å². The first-order chi connectivity index (χ1) is 33.4. The van der Waals surface area contributed by atoms with E-state index < -0.39 is 40.2 Å². The minimum absolute atomic E-state index is 0. The molecule has 57 heavy (non-hydrogen) atoms. The topological polar surface area (TPSA) is 38.9 Å². The van der Waals surface area contributed by atoms with E-state index >= 15 is 0 Å². The van der Waals surface area contributed by atoms with Gasteiger partial charge in [-0.3, -0.25) is 0 Å². The van der Waals surface area contributed by atoms with Gasteiger partial charge in [-0.05, 0) is 127 Å². The number of benzene rings is 5. The first kappa shape index (κ1) is 24.6. The first-order valence-corrected chi connectivity index (χ1v) is 18.6. The molecule has 289 valence electrons. The molecule has 0 atom stereocenters. The van der Waals surface area contributed by atoms with Crippen LogP contribution in [-0.2, 0) is 20.1 Å². The number of nitrogens with zero attached hydrogens (tertiary/aromatic N) is 2. The number of pyridine rings is 2. The zero-order valence-corrected chi connectivity index (χ0v) is 33.9. The molecular weight excluding hydrogens is 873 g/mol. The Morgan fingerprint density at radius 2 is 1.47 bits per heavy atom. The summed E-state index contributed by atoms with van der Waals surface area (Å²) in [6, 6.07) is 36.3. The third-order valence-electron chi connectivity index (χ3n) is 10.6. The molecule has 8 aromatic rings. The monoisotopic (exact) mass is 939 g/mol.